The van der Waals surface area contributed by atoms with Gasteiger partial charge in [-0.3, -0.25) is 4.90 Å². The molecule has 0 unspecified atom stereocenters. The number of likely N-dealkylation sites (tertiary alicyclic amines) is 1. The number of methoxy groups -OCH3 is 1. The fourth-order valence-electron chi connectivity index (χ4n) is 3.19. The minimum atomic E-state index is 0.236. The number of piperidine rings is 1. The first kappa shape index (κ1) is 12.2. The molecular formula is C14H21NO3. The van der Waals surface area contributed by atoms with Crippen molar-refractivity contribution < 1.29 is 13.9 Å². The monoisotopic (exact) mass is 251 g/mol. The van der Waals surface area contributed by atoms with Gasteiger partial charge in [-0.05, 0) is 31.9 Å². The van der Waals surface area contributed by atoms with Crippen molar-refractivity contribution in [3.8, 4) is 0 Å². The molecule has 4 heteroatoms. The standard InChI is InChI=1S/C14H21NO3/c1-10-3-4-11(18-10)9-15-7-5-13(16-2)14-12(15)6-8-17-14/h3-4,12-14H,5-9H2,1-2H3/t12-,13-,14-/m0/s1. The molecule has 1 aromatic rings. The highest BCUT2D eigenvalue weighted by Crippen LogP contribution is 2.31. The zero-order chi connectivity index (χ0) is 12.5. The number of rotatable bonds is 3. The van der Waals surface area contributed by atoms with Crippen molar-refractivity contribution in [1.29, 1.82) is 0 Å². The van der Waals surface area contributed by atoms with Crippen molar-refractivity contribution in [2.24, 2.45) is 0 Å². The molecule has 0 bridgehead atoms. The van der Waals surface area contributed by atoms with E-state index < -0.39 is 0 Å². The summed E-state index contributed by atoms with van der Waals surface area (Å²) in [5, 5.41) is 0. The van der Waals surface area contributed by atoms with Crippen LogP contribution in [0.4, 0.5) is 0 Å². The second kappa shape index (κ2) is 5.03. The van der Waals surface area contributed by atoms with Gasteiger partial charge in [0.15, 0.2) is 0 Å². The Morgan fingerprint density at radius 3 is 3.00 bits per heavy atom. The lowest BCUT2D eigenvalue weighted by Gasteiger charge is -2.40. The largest absolute Gasteiger partial charge is 0.465 e. The van der Waals surface area contributed by atoms with Crippen LogP contribution < -0.4 is 0 Å². The third-order valence-electron chi connectivity index (χ3n) is 4.10. The maximum Gasteiger partial charge on any atom is 0.118 e. The van der Waals surface area contributed by atoms with Gasteiger partial charge < -0.3 is 13.9 Å². The number of fused-ring (bicyclic) bond motifs is 1. The van der Waals surface area contributed by atoms with Gasteiger partial charge >= 0.3 is 0 Å². The average molecular weight is 251 g/mol. The van der Waals surface area contributed by atoms with Crippen LogP contribution in [0.5, 0.6) is 0 Å². The van der Waals surface area contributed by atoms with Crippen LogP contribution in [-0.4, -0.2) is 43.4 Å². The molecule has 0 aromatic carbocycles. The van der Waals surface area contributed by atoms with Crippen LogP contribution in [0.3, 0.4) is 0 Å². The van der Waals surface area contributed by atoms with Crippen LogP contribution in [0.15, 0.2) is 16.5 Å². The van der Waals surface area contributed by atoms with Crippen molar-refractivity contribution in [3.63, 3.8) is 0 Å². The molecule has 4 nitrogen and oxygen atoms in total. The molecule has 1 aromatic heterocycles. The molecule has 0 amide bonds. The van der Waals surface area contributed by atoms with E-state index in [-0.39, 0.29) is 12.2 Å². The Bertz CT molecular complexity index is 403. The summed E-state index contributed by atoms with van der Waals surface area (Å²) in [7, 11) is 1.79. The lowest BCUT2D eigenvalue weighted by Crippen LogP contribution is -2.52. The SMILES string of the molecule is CO[C@H]1CCN(Cc2ccc(C)o2)[C@H]2CCO[C@H]12. The van der Waals surface area contributed by atoms with Gasteiger partial charge in [0.05, 0.1) is 18.8 Å². The van der Waals surface area contributed by atoms with E-state index in [0.717, 1.165) is 44.1 Å². The number of aryl methyl sites for hydroxylation is 1. The van der Waals surface area contributed by atoms with E-state index in [0.29, 0.717) is 6.04 Å². The molecule has 3 rings (SSSR count). The van der Waals surface area contributed by atoms with E-state index in [1.165, 1.54) is 0 Å². The van der Waals surface area contributed by atoms with Crippen LogP contribution in [0.2, 0.25) is 0 Å². The summed E-state index contributed by atoms with van der Waals surface area (Å²) in [5.41, 5.74) is 0. The highest BCUT2D eigenvalue weighted by atomic mass is 16.5. The van der Waals surface area contributed by atoms with Crippen LogP contribution in [0.25, 0.3) is 0 Å². The number of nitrogens with zero attached hydrogens (tertiary/aromatic N) is 1. The molecule has 0 saturated carbocycles. The molecule has 100 valence electrons. The summed E-state index contributed by atoms with van der Waals surface area (Å²) in [6, 6.07) is 4.58. The first-order chi connectivity index (χ1) is 8.78. The molecule has 0 radical (unpaired) electrons. The van der Waals surface area contributed by atoms with Crippen LogP contribution in [0, 0.1) is 6.92 Å². The summed E-state index contributed by atoms with van der Waals surface area (Å²) < 4.78 is 17.0. The van der Waals surface area contributed by atoms with Gasteiger partial charge in [-0.25, -0.2) is 0 Å². The van der Waals surface area contributed by atoms with Gasteiger partial charge in [-0.2, -0.15) is 0 Å². The van der Waals surface area contributed by atoms with Crippen molar-refractivity contribution in [1.82, 2.24) is 4.90 Å². The Balaban J connectivity index is 1.70. The molecule has 2 aliphatic rings. The normalized spacial score (nSPS) is 32.7. The average Bonchev–Trinajstić information content (AvgIpc) is 2.99. The highest BCUT2D eigenvalue weighted by molar-refractivity contribution is 5.06. The van der Waals surface area contributed by atoms with Crippen molar-refractivity contribution >= 4 is 0 Å². The van der Waals surface area contributed by atoms with Gasteiger partial charge in [0.1, 0.15) is 11.5 Å². The first-order valence-corrected chi connectivity index (χ1v) is 6.71. The summed E-state index contributed by atoms with van der Waals surface area (Å²) in [4.78, 5) is 2.48. The maximum atomic E-state index is 5.84. The summed E-state index contributed by atoms with van der Waals surface area (Å²) >= 11 is 0. The lowest BCUT2D eigenvalue weighted by atomic mass is 9.95. The summed E-state index contributed by atoms with van der Waals surface area (Å²) in [6.07, 6.45) is 2.63. The third kappa shape index (κ3) is 2.20. The number of hydrogen-bond donors (Lipinski definition) is 0. The Kier molecular flexibility index (Phi) is 3.41. The fraction of sp³-hybridized carbons (Fsp3) is 0.714. The van der Waals surface area contributed by atoms with E-state index in [2.05, 4.69) is 11.0 Å². The molecule has 0 spiro atoms. The van der Waals surface area contributed by atoms with Gasteiger partial charge in [0.25, 0.3) is 0 Å². The molecule has 3 heterocycles. The quantitative estimate of drug-likeness (QED) is 0.822. The second-order valence-electron chi connectivity index (χ2n) is 5.24. The Labute approximate surface area is 108 Å². The fourth-order valence-corrected chi connectivity index (χ4v) is 3.19. The topological polar surface area (TPSA) is 34.8 Å². The number of hydrogen-bond acceptors (Lipinski definition) is 4. The van der Waals surface area contributed by atoms with Crippen LogP contribution >= 0.6 is 0 Å². The van der Waals surface area contributed by atoms with Crippen molar-refractivity contribution in [3.05, 3.63) is 23.7 Å². The molecule has 0 aliphatic carbocycles. The van der Waals surface area contributed by atoms with Gasteiger partial charge in [0, 0.05) is 26.3 Å². The smallest absolute Gasteiger partial charge is 0.118 e. The van der Waals surface area contributed by atoms with E-state index in [1.54, 1.807) is 7.11 Å². The minimum absolute atomic E-state index is 0.236. The zero-order valence-electron chi connectivity index (χ0n) is 11.1. The van der Waals surface area contributed by atoms with Gasteiger partial charge in [0.2, 0.25) is 0 Å². The molecule has 2 saturated heterocycles. The Morgan fingerprint density at radius 1 is 1.39 bits per heavy atom. The highest BCUT2D eigenvalue weighted by Gasteiger charge is 2.42. The molecule has 2 fully saturated rings. The second-order valence-corrected chi connectivity index (χ2v) is 5.24. The molecule has 3 atom stereocenters. The van der Waals surface area contributed by atoms with Crippen molar-refractivity contribution in [2.45, 2.75) is 44.6 Å². The van der Waals surface area contributed by atoms with E-state index in [9.17, 15) is 0 Å². The maximum absolute atomic E-state index is 5.84. The first-order valence-electron chi connectivity index (χ1n) is 6.71. The van der Waals surface area contributed by atoms with Gasteiger partial charge in [-0.15, -0.1) is 0 Å². The number of furan rings is 1. The molecule has 0 N–H and O–H groups in total. The zero-order valence-corrected chi connectivity index (χ0v) is 11.1. The predicted octanol–water partition coefficient (Wildman–Crippen LogP) is 1.97. The number of ether oxygens (including phenoxy) is 2. The predicted molar refractivity (Wildman–Crippen MR) is 67.4 cm³/mol. The minimum Gasteiger partial charge on any atom is -0.465 e. The molecular weight excluding hydrogens is 230 g/mol. The van der Waals surface area contributed by atoms with E-state index in [1.807, 2.05) is 13.0 Å². The third-order valence-corrected chi connectivity index (χ3v) is 4.10. The van der Waals surface area contributed by atoms with E-state index in [4.69, 9.17) is 13.9 Å². The summed E-state index contributed by atoms with van der Waals surface area (Å²) in [6.45, 7) is 4.78. The lowest BCUT2D eigenvalue weighted by molar-refractivity contribution is -0.0854. The van der Waals surface area contributed by atoms with Crippen LogP contribution in [-0.2, 0) is 16.0 Å². The summed E-state index contributed by atoms with van der Waals surface area (Å²) in [5.74, 6) is 2.03. The Morgan fingerprint density at radius 2 is 2.28 bits per heavy atom. The van der Waals surface area contributed by atoms with Gasteiger partial charge in [-0.1, -0.05) is 0 Å². The van der Waals surface area contributed by atoms with E-state index >= 15 is 0 Å². The molecule has 2 aliphatic heterocycles. The molecule has 18 heavy (non-hydrogen) atoms. The van der Waals surface area contributed by atoms with Crippen molar-refractivity contribution in [2.75, 3.05) is 20.3 Å². The Hall–Kier alpha value is -0.840. The van der Waals surface area contributed by atoms with Crippen LogP contribution in [0.1, 0.15) is 24.4 Å².